The second-order valence-corrected chi connectivity index (χ2v) is 7.39. The van der Waals surface area contributed by atoms with Crippen molar-refractivity contribution >= 4 is 23.4 Å². The van der Waals surface area contributed by atoms with Crippen LogP contribution in [-0.2, 0) is 13.0 Å². The van der Waals surface area contributed by atoms with Crippen LogP contribution in [0.25, 0.3) is 11.3 Å². The van der Waals surface area contributed by atoms with Gasteiger partial charge in [-0.1, -0.05) is 18.5 Å². The largest absolute Gasteiger partial charge is 0.476 e. The number of nitrogens with one attached hydrogen (secondary N) is 1. The molecule has 0 saturated heterocycles. The number of anilines is 1. The Morgan fingerprint density at radius 2 is 1.96 bits per heavy atom. The van der Waals surface area contributed by atoms with Crippen LogP contribution in [-0.4, -0.2) is 37.6 Å². The Morgan fingerprint density at radius 3 is 2.46 bits per heavy atom. The smallest absolute Gasteiger partial charge is 0.391 e. The number of carbonyl (C=O) groups is 1. The van der Waals surface area contributed by atoms with E-state index in [0.717, 1.165) is 5.56 Å². The average molecular weight is 419 g/mol. The van der Waals surface area contributed by atoms with Gasteiger partial charge in [-0.3, -0.25) is 4.68 Å². The lowest BCUT2D eigenvalue weighted by Gasteiger charge is -2.28. The van der Waals surface area contributed by atoms with Crippen LogP contribution in [0.4, 0.5) is 19.0 Å². The summed E-state index contributed by atoms with van der Waals surface area (Å²) in [5, 5.41) is 16.1. The number of rotatable bonds is 7. The second kappa shape index (κ2) is 7.98. The SMILES string of the molecule is CCc1cc(NC(C)(C)CC(F)(F)F)ncc1-c1c(Cl)c(C(=O)O)nn1CC. The van der Waals surface area contributed by atoms with E-state index < -0.39 is 24.1 Å². The lowest BCUT2D eigenvalue weighted by atomic mass is 9.99. The van der Waals surface area contributed by atoms with E-state index in [9.17, 15) is 23.1 Å². The van der Waals surface area contributed by atoms with Crippen LogP contribution in [0.15, 0.2) is 12.3 Å². The molecule has 0 aliphatic carbocycles. The van der Waals surface area contributed by atoms with Gasteiger partial charge >= 0.3 is 12.1 Å². The minimum atomic E-state index is -4.31. The topological polar surface area (TPSA) is 80.0 Å². The monoisotopic (exact) mass is 418 g/mol. The third kappa shape index (κ3) is 4.95. The first-order valence-corrected chi connectivity index (χ1v) is 9.10. The molecule has 2 heterocycles. The molecule has 0 fully saturated rings. The minimum absolute atomic E-state index is 0.00367. The predicted octanol–water partition coefficient (Wildman–Crippen LogP) is 5.02. The Balaban J connectivity index is 2.46. The van der Waals surface area contributed by atoms with Crippen molar-refractivity contribution in [2.45, 2.75) is 58.8 Å². The molecular weight excluding hydrogens is 397 g/mol. The molecule has 0 atom stereocenters. The maximum absolute atomic E-state index is 12.7. The van der Waals surface area contributed by atoms with E-state index in [1.54, 1.807) is 13.0 Å². The molecule has 0 saturated carbocycles. The Hall–Kier alpha value is -2.29. The van der Waals surface area contributed by atoms with Gasteiger partial charge in [0.1, 0.15) is 10.8 Å². The molecule has 10 heteroatoms. The second-order valence-electron chi connectivity index (χ2n) is 7.01. The fourth-order valence-electron chi connectivity index (χ4n) is 3.03. The molecule has 2 rings (SSSR count). The molecule has 0 aliphatic heterocycles. The molecule has 28 heavy (non-hydrogen) atoms. The van der Waals surface area contributed by atoms with Crippen molar-refractivity contribution in [1.82, 2.24) is 14.8 Å². The maximum atomic E-state index is 12.7. The molecule has 0 amide bonds. The van der Waals surface area contributed by atoms with Crippen molar-refractivity contribution in [2.75, 3.05) is 5.32 Å². The van der Waals surface area contributed by atoms with Gasteiger partial charge in [-0.25, -0.2) is 9.78 Å². The zero-order valence-electron chi connectivity index (χ0n) is 16.0. The Morgan fingerprint density at radius 1 is 1.32 bits per heavy atom. The first kappa shape index (κ1) is 22.0. The van der Waals surface area contributed by atoms with Crippen LogP contribution in [0, 0.1) is 0 Å². The van der Waals surface area contributed by atoms with E-state index in [4.69, 9.17) is 11.6 Å². The fourth-order valence-corrected chi connectivity index (χ4v) is 3.34. The Labute approximate surface area is 165 Å². The Kier molecular flexibility index (Phi) is 6.27. The number of hydrogen-bond acceptors (Lipinski definition) is 4. The summed E-state index contributed by atoms with van der Waals surface area (Å²) >= 11 is 6.25. The van der Waals surface area contributed by atoms with Crippen molar-refractivity contribution < 1.29 is 23.1 Å². The van der Waals surface area contributed by atoms with Crippen molar-refractivity contribution in [1.29, 1.82) is 0 Å². The number of alkyl halides is 3. The molecular formula is C18H22ClF3N4O2. The number of nitrogens with zero attached hydrogens (tertiary/aromatic N) is 3. The third-order valence-electron chi connectivity index (χ3n) is 4.13. The van der Waals surface area contributed by atoms with E-state index in [-0.39, 0.29) is 10.7 Å². The zero-order valence-corrected chi connectivity index (χ0v) is 16.7. The quantitative estimate of drug-likeness (QED) is 0.659. The molecule has 0 spiro atoms. The maximum Gasteiger partial charge on any atom is 0.391 e. The van der Waals surface area contributed by atoms with Gasteiger partial charge in [0.05, 0.1) is 12.1 Å². The standard InChI is InChI=1S/C18H22ClF3N4O2/c1-5-10-7-12(24-17(3,4)9-18(20,21)22)23-8-11(10)15-13(19)14(16(27)28)25-26(15)6-2/h7-8H,5-6,9H2,1-4H3,(H,23,24)(H,27,28). The fraction of sp³-hybridized carbons (Fsp3) is 0.500. The number of hydrogen-bond donors (Lipinski definition) is 2. The van der Waals surface area contributed by atoms with Crippen molar-refractivity contribution in [3.8, 4) is 11.3 Å². The highest BCUT2D eigenvalue weighted by Crippen LogP contribution is 2.35. The van der Waals surface area contributed by atoms with Gasteiger partial charge in [0.15, 0.2) is 5.69 Å². The van der Waals surface area contributed by atoms with Crippen LogP contribution >= 0.6 is 11.6 Å². The van der Waals surface area contributed by atoms with Crippen LogP contribution < -0.4 is 5.32 Å². The van der Waals surface area contributed by atoms with E-state index in [0.29, 0.717) is 30.0 Å². The summed E-state index contributed by atoms with van der Waals surface area (Å²) in [7, 11) is 0. The Bertz CT molecular complexity index is 878. The summed E-state index contributed by atoms with van der Waals surface area (Å²) in [6.07, 6.45) is -3.30. The van der Waals surface area contributed by atoms with Crippen LogP contribution in [0.3, 0.4) is 0 Å². The van der Waals surface area contributed by atoms with Gasteiger partial charge in [-0.2, -0.15) is 18.3 Å². The summed E-state index contributed by atoms with van der Waals surface area (Å²) in [6, 6.07) is 1.65. The van der Waals surface area contributed by atoms with Crippen molar-refractivity contribution in [3.05, 3.63) is 28.5 Å². The molecule has 2 N–H and O–H groups in total. The molecule has 0 aliphatic rings. The molecule has 0 bridgehead atoms. The predicted molar refractivity (Wildman–Crippen MR) is 101 cm³/mol. The third-order valence-corrected chi connectivity index (χ3v) is 4.49. The van der Waals surface area contributed by atoms with Gasteiger partial charge in [-0.05, 0) is 38.8 Å². The molecule has 154 valence electrons. The first-order chi connectivity index (χ1) is 12.9. The van der Waals surface area contributed by atoms with E-state index in [1.807, 2.05) is 6.92 Å². The summed E-state index contributed by atoms with van der Waals surface area (Å²) in [5.41, 5.74) is 0.278. The average Bonchev–Trinajstić information content (AvgIpc) is 2.88. The number of aromatic nitrogens is 3. The molecule has 0 unspecified atom stereocenters. The van der Waals surface area contributed by atoms with E-state index in [1.165, 1.54) is 24.7 Å². The number of pyridine rings is 1. The summed E-state index contributed by atoms with van der Waals surface area (Å²) in [4.78, 5) is 15.6. The number of halogens is 4. The number of carboxylic acid groups (broad SMARTS) is 1. The highest BCUT2D eigenvalue weighted by atomic mass is 35.5. The summed E-state index contributed by atoms with van der Waals surface area (Å²) in [5.74, 6) is -0.941. The van der Waals surface area contributed by atoms with Gasteiger partial charge in [0.2, 0.25) is 0 Å². The zero-order chi connectivity index (χ0) is 21.3. The lowest BCUT2D eigenvalue weighted by molar-refractivity contribution is -0.142. The van der Waals surface area contributed by atoms with Gasteiger partial charge in [0, 0.05) is 23.8 Å². The van der Waals surface area contributed by atoms with Crippen LogP contribution in [0.1, 0.15) is 50.2 Å². The molecule has 0 radical (unpaired) electrons. The minimum Gasteiger partial charge on any atom is -0.476 e. The van der Waals surface area contributed by atoms with Crippen LogP contribution in [0.5, 0.6) is 0 Å². The molecule has 2 aromatic rings. The van der Waals surface area contributed by atoms with Gasteiger partial charge < -0.3 is 10.4 Å². The number of aryl methyl sites for hydroxylation is 2. The lowest BCUT2D eigenvalue weighted by Crippen LogP contribution is -2.36. The molecule has 0 aromatic carbocycles. The van der Waals surface area contributed by atoms with E-state index >= 15 is 0 Å². The highest BCUT2D eigenvalue weighted by Gasteiger charge is 2.36. The number of aromatic carboxylic acids is 1. The molecule has 6 nitrogen and oxygen atoms in total. The van der Waals surface area contributed by atoms with Crippen molar-refractivity contribution in [2.24, 2.45) is 0 Å². The van der Waals surface area contributed by atoms with Crippen molar-refractivity contribution in [3.63, 3.8) is 0 Å². The van der Waals surface area contributed by atoms with Gasteiger partial charge in [-0.15, -0.1) is 0 Å². The summed E-state index contributed by atoms with van der Waals surface area (Å²) < 4.78 is 39.7. The van der Waals surface area contributed by atoms with Crippen LogP contribution in [0.2, 0.25) is 5.02 Å². The normalized spacial score (nSPS) is 12.3. The summed E-state index contributed by atoms with van der Waals surface area (Å²) in [6.45, 7) is 6.97. The van der Waals surface area contributed by atoms with Gasteiger partial charge in [0.25, 0.3) is 0 Å². The molecule has 2 aromatic heterocycles. The first-order valence-electron chi connectivity index (χ1n) is 8.72. The highest BCUT2D eigenvalue weighted by molar-refractivity contribution is 6.35. The number of carboxylic acids is 1. The van der Waals surface area contributed by atoms with E-state index in [2.05, 4.69) is 15.4 Å².